The first kappa shape index (κ1) is 12.9. The molecular weight excluding hydrogens is 276 g/mol. The number of hydrogen-bond donors (Lipinski definition) is 3. The Labute approximate surface area is 109 Å². The summed E-state index contributed by atoms with van der Waals surface area (Å²) in [7, 11) is -3.67. The summed E-state index contributed by atoms with van der Waals surface area (Å²) in [5.41, 5.74) is 6.40. The minimum absolute atomic E-state index is 0.00594. The molecule has 0 fully saturated rings. The van der Waals surface area contributed by atoms with E-state index in [2.05, 4.69) is 14.9 Å². The van der Waals surface area contributed by atoms with Crippen molar-refractivity contribution in [3.05, 3.63) is 41.2 Å². The van der Waals surface area contributed by atoms with Crippen LogP contribution in [-0.4, -0.2) is 18.6 Å². The molecule has 0 saturated heterocycles. The molecule has 0 aliphatic rings. The summed E-state index contributed by atoms with van der Waals surface area (Å²) in [6.45, 7) is 0.115. The molecule has 0 atom stereocenters. The first-order chi connectivity index (χ1) is 8.49. The monoisotopic (exact) mass is 286 g/mol. The third-order valence-corrected chi connectivity index (χ3v) is 3.98. The van der Waals surface area contributed by atoms with Crippen molar-refractivity contribution < 1.29 is 8.42 Å². The van der Waals surface area contributed by atoms with Crippen LogP contribution in [-0.2, 0) is 16.6 Å². The quantitative estimate of drug-likeness (QED) is 0.733. The van der Waals surface area contributed by atoms with Crippen LogP contribution in [0.3, 0.4) is 0 Å². The van der Waals surface area contributed by atoms with Crippen LogP contribution < -0.4 is 10.5 Å². The number of halogens is 1. The molecule has 1 aromatic carbocycles. The SMILES string of the molecule is Nc1cc(Cl)ccc1S(=O)(=O)NCc1ccn[nH]1. The van der Waals surface area contributed by atoms with Crippen molar-refractivity contribution in [3.8, 4) is 0 Å². The topological polar surface area (TPSA) is 101 Å². The van der Waals surface area contributed by atoms with E-state index in [1.807, 2.05) is 0 Å². The summed E-state index contributed by atoms with van der Waals surface area (Å²) in [4.78, 5) is 0.00594. The summed E-state index contributed by atoms with van der Waals surface area (Å²) < 4.78 is 26.4. The smallest absolute Gasteiger partial charge is 0.242 e. The highest BCUT2D eigenvalue weighted by molar-refractivity contribution is 7.89. The van der Waals surface area contributed by atoms with Gasteiger partial charge in [-0.1, -0.05) is 11.6 Å². The molecule has 1 aromatic heterocycles. The van der Waals surface area contributed by atoms with Crippen molar-refractivity contribution in [2.45, 2.75) is 11.4 Å². The number of sulfonamides is 1. The fourth-order valence-electron chi connectivity index (χ4n) is 1.40. The van der Waals surface area contributed by atoms with Gasteiger partial charge in [-0.2, -0.15) is 5.10 Å². The molecule has 2 rings (SSSR count). The zero-order chi connectivity index (χ0) is 13.2. The molecule has 96 valence electrons. The maximum atomic E-state index is 12.0. The van der Waals surface area contributed by atoms with Gasteiger partial charge >= 0.3 is 0 Å². The lowest BCUT2D eigenvalue weighted by molar-refractivity contribution is 0.581. The van der Waals surface area contributed by atoms with Crippen LogP contribution in [0.5, 0.6) is 0 Å². The third-order valence-electron chi connectivity index (χ3n) is 2.27. The third kappa shape index (κ3) is 2.81. The van der Waals surface area contributed by atoms with E-state index in [1.54, 1.807) is 12.3 Å². The second kappa shape index (κ2) is 4.97. The summed E-state index contributed by atoms with van der Waals surface area (Å²) in [5, 5.41) is 6.77. The van der Waals surface area contributed by atoms with E-state index in [0.29, 0.717) is 10.7 Å². The van der Waals surface area contributed by atoms with E-state index >= 15 is 0 Å². The molecule has 0 aliphatic carbocycles. The van der Waals surface area contributed by atoms with Gasteiger partial charge in [-0.05, 0) is 24.3 Å². The predicted molar refractivity (Wildman–Crippen MR) is 68.5 cm³/mol. The number of nitrogen functional groups attached to an aromatic ring is 1. The van der Waals surface area contributed by atoms with Crippen LogP contribution in [0.1, 0.15) is 5.69 Å². The van der Waals surface area contributed by atoms with Crippen molar-refractivity contribution in [1.29, 1.82) is 0 Å². The van der Waals surface area contributed by atoms with Crippen LogP contribution in [0.15, 0.2) is 35.4 Å². The van der Waals surface area contributed by atoms with Crippen molar-refractivity contribution in [2.24, 2.45) is 0 Å². The molecule has 2 aromatic rings. The Hall–Kier alpha value is -1.57. The minimum atomic E-state index is -3.67. The van der Waals surface area contributed by atoms with Gasteiger partial charge in [0.25, 0.3) is 0 Å². The van der Waals surface area contributed by atoms with Crippen molar-refractivity contribution >= 4 is 27.3 Å². The number of rotatable bonds is 4. The van der Waals surface area contributed by atoms with E-state index in [4.69, 9.17) is 17.3 Å². The van der Waals surface area contributed by atoms with Gasteiger partial charge in [0.05, 0.1) is 17.9 Å². The zero-order valence-corrected chi connectivity index (χ0v) is 10.8. The average molecular weight is 287 g/mol. The van der Waals surface area contributed by atoms with E-state index < -0.39 is 10.0 Å². The largest absolute Gasteiger partial charge is 0.398 e. The molecule has 0 bridgehead atoms. The minimum Gasteiger partial charge on any atom is -0.398 e. The molecule has 0 saturated carbocycles. The Bertz CT molecular complexity index is 640. The second-order valence-electron chi connectivity index (χ2n) is 3.59. The second-order valence-corrected chi connectivity index (χ2v) is 5.76. The Balaban J connectivity index is 2.20. The molecule has 0 aliphatic heterocycles. The van der Waals surface area contributed by atoms with Gasteiger partial charge in [0, 0.05) is 11.2 Å². The Kier molecular flexibility index (Phi) is 3.55. The number of nitrogens with zero attached hydrogens (tertiary/aromatic N) is 1. The van der Waals surface area contributed by atoms with Gasteiger partial charge in [0.1, 0.15) is 4.90 Å². The molecule has 18 heavy (non-hydrogen) atoms. The summed E-state index contributed by atoms with van der Waals surface area (Å²) in [6, 6.07) is 5.91. The van der Waals surface area contributed by atoms with Crippen LogP contribution >= 0.6 is 11.6 Å². The molecule has 6 nitrogen and oxygen atoms in total. The molecule has 0 unspecified atom stereocenters. The molecule has 0 radical (unpaired) electrons. The van der Waals surface area contributed by atoms with E-state index in [-0.39, 0.29) is 17.1 Å². The molecule has 0 amide bonds. The average Bonchev–Trinajstić information content (AvgIpc) is 2.78. The lowest BCUT2D eigenvalue weighted by Crippen LogP contribution is -2.24. The Morgan fingerprint density at radius 2 is 2.17 bits per heavy atom. The summed E-state index contributed by atoms with van der Waals surface area (Å²) in [6.07, 6.45) is 1.54. The predicted octanol–water partition coefficient (Wildman–Crippen LogP) is 1.12. The van der Waals surface area contributed by atoms with E-state index in [0.717, 1.165) is 0 Å². The Morgan fingerprint density at radius 3 is 2.78 bits per heavy atom. The van der Waals surface area contributed by atoms with Crippen LogP contribution in [0.25, 0.3) is 0 Å². The molecular formula is C10H11ClN4O2S. The van der Waals surface area contributed by atoms with Gasteiger partial charge in [-0.3, -0.25) is 5.10 Å². The van der Waals surface area contributed by atoms with Crippen molar-refractivity contribution in [2.75, 3.05) is 5.73 Å². The maximum Gasteiger partial charge on any atom is 0.242 e. The normalized spacial score (nSPS) is 11.6. The number of hydrogen-bond acceptors (Lipinski definition) is 4. The number of aromatic nitrogens is 2. The van der Waals surface area contributed by atoms with Crippen LogP contribution in [0, 0.1) is 0 Å². The molecule has 8 heteroatoms. The van der Waals surface area contributed by atoms with Crippen molar-refractivity contribution in [1.82, 2.24) is 14.9 Å². The lowest BCUT2D eigenvalue weighted by Gasteiger charge is -2.08. The fraction of sp³-hybridized carbons (Fsp3) is 0.100. The number of nitrogens with two attached hydrogens (primary N) is 1. The van der Waals surface area contributed by atoms with Gasteiger partial charge in [0.2, 0.25) is 10.0 Å². The van der Waals surface area contributed by atoms with E-state index in [1.165, 1.54) is 18.2 Å². The molecule has 0 spiro atoms. The van der Waals surface area contributed by atoms with Crippen molar-refractivity contribution in [3.63, 3.8) is 0 Å². The van der Waals surface area contributed by atoms with Crippen LogP contribution in [0.2, 0.25) is 5.02 Å². The standard InChI is InChI=1S/C10H11ClN4O2S/c11-7-1-2-10(9(12)5-7)18(16,17)14-6-8-3-4-13-15-8/h1-5,14H,6,12H2,(H,13,15). The highest BCUT2D eigenvalue weighted by Gasteiger charge is 2.17. The number of benzene rings is 1. The first-order valence-corrected chi connectivity index (χ1v) is 6.88. The number of nitrogens with one attached hydrogen (secondary N) is 2. The highest BCUT2D eigenvalue weighted by atomic mass is 35.5. The summed E-state index contributed by atoms with van der Waals surface area (Å²) >= 11 is 5.72. The lowest BCUT2D eigenvalue weighted by atomic mass is 10.3. The fourth-order valence-corrected chi connectivity index (χ4v) is 2.70. The first-order valence-electron chi connectivity index (χ1n) is 5.02. The molecule has 1 heterocycles. The molecule has 4 N–H and O–H groups in total. The van der Waals surface area contributed by atoms with Gasteiger partial charge in [-0.25, -0.2) is 13.1 Å². The highest BCUT2D eigenvalue weighted by Crippen LogP contribution is 2.22. The number of H-pyrrole nitrogens is 1. The van der Waals surface area contributed by atoms with E-state index in [9.17, 15) is 8.42 Å². The number of anilines is 1. The number of aromatic amines is 1. The summed E-state index contributed by atoms with van der Waals surface area (Å²) in [5.74, 6) is 0. The van der Waals surface area contributed by atoms with Crippen LogP contribution in [0.4, 0.5) is 5.69 Å². The Morgan fingerprint density at radius 1 is 1.39 bits per heavy atom. The van der Waals surface area contributed by atoms with Gasteiger partial charge in [-0.15, -0.1) is 0 Å². The maximum absolute atomic E-state index is 12.0. The van der Waals surface area contributed by atoms with Gasteiger partial charge in [0.15, 0.2) is 0 Å². The zero-order valence-electron chi connectivity index (χ0n) is 9.22. The van der Waals surface area contributed by atoms with Gasteiger partial charge < -0.3 is 5.73 Å².